The maximum Gasteiger partial charge on any atom is 0.263 e. The second-order valence-corrected chi connectivity index (χ2v) is 11.3. The van der Waals surface area contributed by atoms with E-state index in [1.165, 1.54) is 0 Å². The summed E-state index contributed by atoms with van der Waals surface area (Å²) in [6.45, 7) is 7.96. The van der Waals surface area contributed by atoms with Gasteiger partial charge in [0, 0.05) is 24.5 Å². The van der Waals surface area contributed by atoms with Gasteiger partial charge < -0.3 is 24.8 Å². The minimum atomic E-state index is -1.03. The van der Waals surface area contributed by atoms with Crippen LogP contribution in [0.3, 0.4) is 0 Å². The van der Waals surface area contributed by atoms with Crippen LogP contribution < -0.4 is 15.4 Å². The zero-order chi connectivity index (χ0) is 33.6. The number of amides is 2. The zero-order valence-electron chi connectivity index (χ0n) is 28.1. The molecular weight excluding hydrogens is 600 g/mol. The molecule has 2 amide bonds. The van der Waals surface area contributed by atoms with E-state index in [2.05, 4.69) is 84.4 Å². The minimum absolute atomic E-state index is 0.0121. The summed E-state index contributed by atoms with van der Waals surface area (Å²) in [5, 5.41) is 6.28. The highest BCUT2D eigenvalue weighted by molar-refractivity contribution is 6.30. The van der Waals surface area contributed by atoms with Crippen molar-refractivity contribution in [3.63, 3.8) is 0 Å². The fourth-order valence-corrected chi connectivity index (χ4v) is 3.95. The van der Waals surface area contributed by atoms with Crippen molar-refractivity contribution in [2.45, 2.75) is 77.7 Å². The van der Waals surface area contributed by atoms with Gasteiger partial charge in [-0.05, 0) is 83.1 Å². The van der Waals surface area contributed by atoms with Gasteiger partial charge in [-0.3, -0.25) is 9.59 Å². The molecule has 0 saturated carbocycles. The number of nitrogens with one attached hydrogen (secondary N) is 2. The Labute approximate surface area is 282 Å². The first-order valence-electron chi connectivity index (χ1n) is 16.4. The first-order chi connectivity index (χ1) is 22.3. The van der Waals surface area contributed by atoms with Crippen LogP contribution in [-0.4, -0.2) is 56.9 Å². The third-order valence-corrected chi connectivity index (χ3v) is 6.59. The average Bonchev–Trinajstić information content (AvgIpc) is 3.03. The lowest BCUT2D eigenvalue weighted by Crippen LogP contribution is -2.47. The van der Waals surface area contributed by atoms with Gasteiger partial charge in [-0.2, -0.15) is 0 Å². The maximum atomic E-state index is 12.4. The predicted molar refractivity (Wildman–Crippen MR) is 191 cm³/mol. The van der Waals surface area contributed by atoms with E-state index in [1.807, 2.05) is 6.08 Å². The summed E-state index contributed by atoms with van der Waals surface area (Å²) >= 11 is 5.89. The van der Waals surface area contributed by atoms with Crippen molar-refractivity contribution < 1.29 is 23.8 Å². The van der Waals surface area contributed by atoms with Crippen LogP contribution in [0.1, 0.15) is 72.1 Å². The lowest BCUT2D eigenvalue weighted by atomic mass is 10.1. The largest absolute Gasteiger partial charge is 0.478 e. The van der Waals surface area contributed by atoms with Crippen LogP contribution in [0, 0.1) is 0 Å². The number of hydrogen-bond donors (Lipinski definition) is 2. The Morgan fingerprint density at radius 1 is 0.674 bits per heavy atom. The predicted octanol–water partition coefficient (Wildman–Crippen LogP) is 8.24. The molecule has 0 unspecified atom stereocenters. The Balaban J connectivity index is 1.93. The van der Waals surface area contributed by atoms with Crippen molar-refractivity contribution in [1.29, 1.82) is 0 Å². The van der Waals surface area contributed by atoms with Gasteiger partial charge in [0.05, 0.1) is 26.4 Å². The molecule has 1 aromatic rings. The van der Waals surface area contributed by atoms with E-state index >= 15 is 0 Å². The standard InChI is InChI=1S/C38H55ClN2O5/c1-4-5-6-7-8-9-10-11-12-13-14-15-16-17-18-19-20-21-22-23-36(42)40-28-30-44-32-33-45-31-29-41-37(43)38(2,3)46-35-26-24-34(39)25-27-35/h5-6,8-9,11-12,14-15,17-18,20-21,24-27H,4,7,10,13,16,19,22-23,28-33H2,1-3H3,(H,40,42)(H,41,43)/b6-5-,9-8-,12-11-,15-14-,18-17-,21-20-. The van der Waals surface area contributed by atoms with Gasteiger partial charge in [0.25, 0.3) is 5.91 Å². The number of rotatable bonds is 26. The Kier molecular flexibility index (Phi) is 24.6. The van der Waals surface area contributed by atoms with Gasteiger partial charge >= 0.3 is 0 Å². The Hall–Kier alpha value is -3.39. The summed E-state index contributed by atoms with van der Waals surface area (Å²) in [5.74, 6) is 0.343. The molecule has 46 heavy (non-hydrogen) atoms. The van der Waals surface area contributed by atoms with Gasteiger partial charge in [0.15, 0.2) is 5.60 Å². The van der Waals surface area contributed by atoms with Crippen LogP contribution in [0.2, 0.25) is 5.02 Å². The highest BCUT2D eigenvalue weighted by Crippen LogP contribution is 2.21. The molecule has 0 fully saturated rings. The normalized spacial score (nSPS) is 12.5. The number of ether oxygens (including phenoxy) is 3. The van der Waals surface area contributed by atoms with E-state index in [-0.39, 0.29) is 11.8 Å². The third-order valence-electron chi connectivity index (χ3n) is 6.34. The molecule has 8 heteroatoms. The molecule has 0 saturated heterocycles. The summed E-state index contributed by atoms with van der Waals surface area (Å²) < 4.78 is 16.8. The number of carbonyl (C=O) groups is 2. The molecule has 0 heterocycles. The molecule has 0 atom stereocenters. The average molecular weight is 655 g/mol. The van der Waals surface area contributed by atoms with Gasteiger partial charge in [-0.1, -0.05) is 91.4 Å². The van der Waals surface area contributed by atoms with E-state index in [9.17, 15) is 9.59 Å². The number of benzene rings is 1. The summed E-state index contributed by atoms with van der Waals surface area (Å²) in [5.41, 5.74) is -1.03. The number of hydrogen-bond acceptors (Lipinski definition) is 5. The third kappa shape index (κ3) is 23.9. The lowest BCUT2D eigenvalue weighted by molar-refractivity contribution is -0.134. The van der Waals surface area contributed by atoms with Crippen molar-refractivity contribution in [2.75, 3.05) is 39.5 Å². The molecule has 0 aromatic heterocycles. The first-order valence-corrected chi connectivity index (χ1v) is 16.8. The molecule has 2 N–H and O–H groups in total. The van der Waals surface area contributed by atoms with Crippen LogP contribution in [-0.2, 0) is 19.1 Å². The molecule has 0 aliphatic heterocycles. The zero-order valence-corrected chi connectivity index (χ0v) is 28.8. The molecule has 7 nitrogen and oxygen atoms in total. The number of allylic oxidation sites excluding steroid dienone is 12. The molecule has 1 rings (SSSR count). The SMILES string of the molecule is CC/C=C\C/C=C\C/C=C\C/C=C\C/C=C\C/C=C\CCC(=O)NCCOCCOCCNC(=O)C(C)(C)Oc1ccc(Cl)cc1. The van der Waals surface area contributed by atoms with Gasteiger partial charge in [-0.25, -0.2) is 0 Å². The fraction of sp³-hybridized carbons (Fsp3) is 0.474. The van der Waals surface area contributed by atoms with Crippen molar-refractivity contribution in [1.82, 2.24) is 10.6 Å². The second kappa shape index (κ2) is 27.9. The molecule has 0 spiro atoms. The summed E-state index contributed by atoms with van der Waals surface area (Å²) in [6.07, 6.45) is 33.1. The summed E-state index contributed by atoms with van der Waals surface area (Å²) in [6, 6.07) is 6.87. The Morgan fingerprint density at radius 3 is 1.63 bits per heavy atom. The minimum Gasteiger partial charge on any atom is -0.478 e. The highest BCUT2D eigenvalue weighted by atomic mass is 35.5. The van der Waals surface area contributed by atoms with Crippen LogP contribution in [0.5, 0.6) is 5.75 Å². The summed E-state index contributed by atoms with van der Waals surface area (Å²) in [4.78, 5) is 24.4. The van der Waals surface area contributed by atoms with E-state index in [4.69, 9.17) is 25.8 Å². The smallest absolute Gasteiger partial charge is 0.263 e. The van der Waals surface area contributed by atoms with E-state index in [0.717, 1.165) is 38.5 Å². The van der Waals surface area contributed by atoms with E-state index in [0.29, 0.717) is 63.1 Å². The molecule has 0 aliphatic rings. The van der Waals surface area contributed by atoms with E-state index < -0.39 is 5.60 Å². The molecular formula is C38H55ClN2O5. The number of halogens is 1. The maximum absolute atomic E-state index is 12.4. The van der Waals surface area contributed by atoms with Gasteiger partial charge in [0.1, 0.15) is 5.75 Å². The molecule has 0 radical (unpaired) electrons. The second-order valence-electron chi connectivity index (χ2n) is 10.9. The molecule has 1 aromatic carbocycles. The van der Waals surface area contributed by atoms with Crippen molar-refractivity contribution in [3.8, 4) is 5.75 Å². The van der Waals surface area contributed by atoms with Crippen LogP contribution in [0.4, 0.5) is 0 Å². The van der Waals surface area contributed by atoms with Crippen molar-refractivity contribution in [3.05, 3.63) is 102 Å². The lowest BCUT2D eigenvalue weighted by Gasteiger charge is -2.25. The monoisotopic (exact) mass is 654 g/mol. The molecule has 254 valence electrons. The van der Waals surface area contributed by atoms with Crippen LogP contribution >= 0.6 is 11.6 Å². The topological polar surface area (TPSA) is 85.9 Å². The Bertz CT molecular complexity index is 1120. The van der Waals surface area contributed by atoms with Crippen LogP contribution in [0.25, 0.3) is 0 Å². The first kappa shape index (κ1) is 40.6. The fourth-order valence-electron chi connectivity index (χ4n) is 3.82. The van der Waals surface area contributed by atoms with Gasteiger partial charge in [0.2, 0.25) is 5.91 Å². The quantitative estimate of drug-likeness (QED) is 0.0776. The van der Waals surface area contributed by atoms with Crippen LogP contribution in [0.15, 0.2) is 97.2 Å². The summed E-state index contributed by atoms with van der Waals surface area (Å²) in [7, 11) is 0. The van der Waals surface area contributed by atoms with Gasteiger partial charge in [-0.15, -0.1) is 0 Å². The molecule has 0 bridgehead atoms. The highest BCUT2D eigenvalue weighted by Gasteiger charge is 2.29. The van der Waals surface area contributed by atoms with E-state index in [1.54, 1.807) is 38.1 Å². The number of carbonyl (C=O) groups excluding carboxylic acids is 2. The molecule has 0 aliphatic carbocycles. The van der Waals surface area contributed by atoms with Crippen molar-refractivity contribution in [2.24, 2.45) is 0 Å². The van der Waals surface area contributed by atoms with Crippen molar-refractivity contribution >= 4 is 23.4 Å². The Morgan fingerprint density at radius 2 is 1.13 bits per heavy atom.